The molecule has 1 aliphatic carbocycles. The maximum Gasteiger partial charge on any atom is 0.336 e. The first-order valence-electron chi connectivity index (χ1n) is 8.68. The molecule has 1 aliphatic heterocycles. The van der Waals surface area contributed by atoms with Crippen molar-refractivity contribution in [2.45, 2.75) is 12.8 Å². The zero-order chi connectivity index (χ0) is 20.0. The summed E-state index contributed by atoms with van der Waals surface area (Å²) in [6.07, 6.45) is 5.80. The van der Waals surface area contributed by atoms with Gasteiger partial charge in [-0.05, 0) is 12.5 Å². The number of carbonyl (C=O) groups is 1. The van der Waals surface area contributed by atoms with Gasteiger partial charge < -0.3 is 10.1 Å². The second-order valence-electron chi connectivity index (χ2n) is 6.66. The summed E-state index contributed by atoms with van der Waals surface area (Å²) in [5.74, 6) is -0.278. The van der Waals surface area contributed by atoms with Crippen molar-refractivity contribution in [3.8, 4) is 0 Å². The standard InChI is InChI=1S/C20H18N4O4/c1-11-15(20(25)28-3)16(13-8-5-9-14(10-13)24(26)27)17-18(12-6-4-7-12)22-23(2)19(17)21-11/h4-10,16,21H,1-3H3. The smallest absolute Gasteiger partial charge is 0.336 e. The number of esters is 1. The predicted molar refractivity (Wildman–Crippen MR) is 104 cm³/mol. The fourth-order valence-electron chi connectivity index (χ4n) is 3.66. The van der Waals surface area contributed by atoms with Crippen molar-refractivity contribution >= 4 is 23.0 Å². The maximum absolute atomic E-state index is 12.7. The molecule has 1 atom stereocenters. The molecular formula is C20H18N4O4. The van der Waals surface area contributed by atoms with Crippen molar-refractivity contribution in [1.29, 1.82) is 0 Å². The van der Waals surface area contributed by atoms with Crippen LogP contribution in [0.4, 0.5) is 11.5 Å². The number of non-ortho nitro benzene ring substituents is 1. The lowest BCUT2D eigenvalue weighted by Gasteiger charge is -2.28. The number of nitro groups is 1. The van der Waals surface area contributed by atoms with Crippen LogP contribution in [0.15, 0.2) is 53.8 Å². The molecule has 0 bridgehead atoms. The van der Waals surface area contributed by atoms with Crippen molar-refractivity contribution in [2.24, 2.45) is 7.05 Å². The van der Waals surface area contributed by atoms with Gasteiger partial charge in [-0.25, -0.2) is 4.79 Å². The lowest BCUT2D eigenvalue weighted by Crippen LogP contribution is -2.24. The summed E-state index contributed by atoms with van der Waals surface area (Å²) in [7, 11) is 3.14. The van der Waals surface area contributed by atoms with Crippen LogP contribution in [-0.4, -0.2) is 27.8 Å². The second-order valence-corrected chi connectivity index (χ2v) is 6.66. The molecule has 0 spiro atoms. The van der Waals surface area contributed by atoms with Gasteiger partial charge in [0.25, 0.3) is 5.69 Å². The van der Waals surface area contributed by atoms with E-state index in [1.54, 1.807) is 23.7 Å². The average molecular weight is 378 g/mol. The Labute approximate surface area is 161 Å². The molecule has 142 valence electrons. The summed E-state index contributed by atoms with van der Waals surface area (Å²) in [6, 6.07) is 6.34. The highest BCUT2D eigenvalue weighted by Gasteiger charge is 2.38. The van der Waals surface area contributed by atoms with Gasteiger partial charge in [0, 0.05) is 41.9 Å². The van der Waals surface area contributed by atoms with Gasteiger partial charge in [-0.1, -0.05) is 30.4 Å². The molecule has 1 aromatic carbocycles. The Morgan fingerprint density at radius 1 is 1.39 bits per heavy atom. The zero-order valence-electron chi connectivity index (χ0n) is 15.6. The van der Waals surface area contributed by atoms with Gasteiger partial charge in [0.1, 0.15) is 5.82 Å². The minimum atomic E-state index is -0.540. The zero-order valence-corrected chi connectivity index (χ0v) is 15.6. The van der Waals surface area contributed by atoms with Crippen molar-refractivity contribution in [1.82, 2.24) is 9.78 Å². The van der Waals surface area contributed by atoms with E-state index in [1.165, 1.54) is 19.2 Å². The Bertz CT molecular complexity index is 1110. The number of rotatable bonds is 4. The number of ether oxygens (including phenoxy) is 1. The van der Waals surface area contributed by atoms with Crippen LogP contribution in [-0.2, 0) is 16.6 Å². The number of carbonyl (C=O) groups excluding carboxylic acids is 1. The summed E-state index contributed by atoms with van der Waals surface area (Å²) in [6.45, 7) is 1.79. The minimum absolute atomic E-state index is 0.0346. The quantitative estimate of drug-likeness (QED) is 0.498. The summed E-state index contributed by atoms with van der Waals surface area (Å²) in [5.41, 5.74) is 4.11. The van der Waals surface area contributed by atoms with Gasteiger partial charge in [-0.3, -0.25) is 14.8 Å². The largest absolute Gasteiger partial charge is 0.466 e. The van der Waals surface area contributed by atoms with Gasteiger partial charge in [-0.2, -0.15) is 5.10 Å². The van der Waals surface area contributed by atoms with E-state index in [1.807, 2.05) is 25.3 Å². The number of hydrogen-bond acceptors (Lipinski definition) is 6. The first-order valence-corrected chi connectivity index (χ1v) is 8.68. The summed E-state index contributed by atoms with van der Waals surface area (Å²) < 4.78 is 6.75. The molecule has 1 N–H and O–H groups in total. The van der Waals surface area contributed by atoms with Gasteiger partial charge in [-0.15, -0.1) is 0 Å². The normalized spacial score (nSPS) is 17.4. The van der Waals surface area contributed by atoms with E-state index in [0.29, 0.717) is 16.8 Å². The van der Waals surface area contributed by atoms with Crippen LogP contribution in [0.1, 0.15) is 29.7 Å². The highest BCUT2D eigenvalue weighted by atomic mass is 16.6. The van der Waals surface area contributed by atoms with Crippen LogP contribution in [0.25, 0.3) is 5.57 Å². The van der Waals surface area contributed by atoms with E-state index in [2.05, 4.69) is 10.4 Å². The molecule has 0 saturated heterocycles. The highest BCUT2D eigenvalue weighted by Crippen LogP contribution is 2.46. The van der Waals surface area contributed by atoms with E-state index < -0.39 is 16.8 Å². The molecule has 2 aliphatic rings. The molecule has 28 heavy (non-hydrogen) atoms. The number of aryl methyl sites for hydroxylation is 1. The molecule has 0 fully saturated rings. The van der Waals surface area contributed by atoms with Crippen molar-refractivity contribution in [3.05, 3.63) is 80.7 Å². The number of hydrogen-bond donors (Lipinski definition) is 1. The Balaban J connectivity index is 1.99. The SMILES string of the molecule is COC(=O)C1=C(C)Nc2c(c(C3=CC=C3)nn2C)C1c1cccc([N+](=O)[O-])c1. The molecule has 8 heteroatoms. The Morgan fingerprint density at radius 3 is 2.75 bits per heavy atom. The molecule has 1 aromatic heterocycles. The third-order valence-electron chi connectivity index (χ3n) is 5.02. The Morgan fingerprint density at radius 2 is 2.14 bits per heavy atom. The number of fused-ring (bicyclic) bond motifs is 1. The molecule has 2 heterocycles. The monoisotopic (exact) mass is 378 g/mol. The number of methoxy groups -OCH3 is 1. The first-order chi connectivity index (χ1) is 13.4. The van der Waals surface area contributed by atoms with Crippen LogP contribution in [0.5, 0.6) is 0 Å². The number of nitrogens with zero attached hydrogens (tertiary/aromatic N) is 3. The number of nitrogens with one attached hydrogen (secondary N) is 1. The van der Waals surface area contributed by atoms with Crippen LogP contribution >= 0.6 is 0 Å². The van der Waals surface area contributed by atoms with Crippen LogP contribution < -0.4 is 5.32 Å². The number of aromatic nitrogens is 2. The van der Waals surface area contributed by atoms with Crippen LogP contribution in [0, 0.1) is 10.1 Å². The third-order valence-corrected chi connectivity index (χ3v) is 5.02. The van der Waals surface area contributed by atoms with Gasteiger partial charge in [0.2, 0.25) is 0 Å². The van der Waals surface area contributed by atoms with E-state index in [0.717, 1.165) is 22.6 Å². The van der Waals surface area contributed by atoms with Crippen molar-refractivity contribution < 1.29 is 14.5 Å². The van der Waals surface area contributed by atoms with E-state index >= 15 is 0 Å². The third kappa shape index (κ3) is 2.61. The van der Waals surface area contributed by atoms with E-state index in [4.69, 9.17) is 4.74 Å². The molecule has 0 amide bonds. The summed E-state index contributed by atoms with van der Waals surface area (Å²) >= 11 is 0. The highest BCUT2D eigenvalue weighted by molar-refractivity contribution is 5.96. The maximum atomic E-state index is 12.7. The topological polar surface area (TPSA) is 99.3 Å². The first kappa shape index (κ1) is 17.7. The van der Waals surface area contributed by atoms with Gasteiger partial charge >= 0.3 is 5.97 Å². The fraction of sp³-hybridized carbons (Fsp3) is 0.200. The van der Waals surface area contributed by atoms with Crippen molar-refractivity contribution in [2.75, 3.05) is 12.4 Å². The molecule has 0 saturated carbocycles. The summed E-state index contributed by atoms with van der Waals surface area (Å²) in [4.78, 5) is 23.5. The number of anilines is 1. The second kappa shape index (κ2) is 6.49. The molecule has 0 radical (unpaired) electrons. The number of benzene rings is 1. The van der Waals surface area contributed by atoms with Crippen molar-refractivity contribution in [3.63, 3.8) is 0 Å². The Hall–Kier alpha value is -3.68. The molecule has 2 aromatic rings. The lowest BCUT2D eigenvalue weighted by atomic mass is 9.80. The molecular weight excluding hydrogens is 360 g/mol. The fourth-order valence-corrected chi connectivity index (χ4v) is 3.66. The predicted octanol–water partition coefficient (Wildman–Crippen LogP) is 3.29. The molecule has 1 unspecified atom stereocenters. The number of nitro benzene ring substituents is 1. The Kier molecular flexibility index (Phi) is 4.11. The lowest BCUT2D eigenvalue weighted by molar-refractivity contribution is -0.384. The van der Waals surface area contributed by atoms with E-state index in [-0.39, 0.29) is 5.69 Å². The number of allylic oxidation sites excluding steroid dienone is 5. The van der Waals surface area contributed by atoms with E-state index in [9.17, 15) is 14.9 Å². The average Bonchev–Trinajstić information content (AvgIpc) is 2.94. The minimum Gasteiger partial charge on any atom is -0.466 e. The summed E-state index contributed by atoms with van der Waals surface area (Å²) in [5, 5.41) is 19.2. The molecule has 4 rings (SSSR count). The van der Waals surface area contributed by atoms with Crippen LogP contribution in [0.2, 0.25) is 0 Å². The van der Waals surface area contributed by atoms with Gasteiger partial charge in [0.15, 0.2) is 0 Å². The molecule has 8 nitrogen and oxygen atoms in total. The van der Waals surface area contributed by atoms with Crippen LogP contribution in [0.3, 0.4) is 0 Å². The van der Waals surface area contributed by atoms with Gasteiger partial charge in [0.05, 0.1) is 23.3 Å².